The summed E-state index contributed by atoms with van der Waals surface area (Å²) in [5.41, 5.74) is -5.57. The Morgan fingerprint density at radius 3 is 1.69 bits per heavy atom. The fourth-order valence-corrected chi connectivity index (χ4v) is 17.4. The van der Waals surface area contributed by atoms with Gasteiger partial charge in [-0.3, -0.25) is 4.79 Å². The van der Waals surface area contributed by atoms with Crippen molar-refractivity contribution in [2.75, 3.05) is 21.3 Å². The van der Waals surface area contributed by atoms with Crippen LogP contribution < -0.4 is 0 Å². The van der Waals surface area contributed by atoms with Crippen molar-refractivity contribution >= 4 is 23.3 Å². The minimum absolute atomic E-state index is 0.0712. The fraction of sp³-hybridized carbons (Fsp3) is 0.963. The van der Waals surface area contributed by atoms with Gasteiger partial charge in [-0.1, -0.05) is 0 Å². The second kappa shape index (κ2) is 11.3. The van der Waals surface area contributed by atoms with E-state index < -0.39 is 59.2 Å². The zero-order chi connectivity index (χ0) is 31.7. The summed E-state index contributed by atoms with van der Waals surface area (Å²) >= 11 is 0. The van der Waals surface area contributed by atoms with Gasteiger partial charge in [0.25, 0.3) is 5.60 Å². The second-order valence-electron chi connectivity index (χ2n) is 14.0. The SMILES string of the molecule is CO[Si](C)(O[Si](OC)(OC)C1CC2CC1CC2C(=O)OC(C)(C)C)C1CC2CC1CC2CC(O)(C(F)(F)F)C(F)(F)F. The minimum atomic E-state index is -5.82. The van der Waals surface area contributed by atoms with E-state index in [0.29, 0.717) is 25.7 Å². The molecule has 9 atom stereocenters. The maximum absolute atomic E-state index is 13.4. The van der Waals surface area contributed by atoms with Gasteiger partial charge in [0, 0.05) is 32.4 Å². The van der Waals surface area contributed by atoms with Crippen molar-refractivity contribution in [3.8, 4) is 0 Å². The molecule has 0 aromatic rings. The van der Waals surface area contributed by atoms with Gasteiger partial charge in [0.2, 0.25) is 0 Å². The lowest BCUT2D eigenvalue weighted by Gasteiger charge is -2.46. The van der Waals surface area contributed by atoms with Crippen molar-refractivity contribution in [1.29, 1.82) is 0 Å². The Balaban J connectivity index is 1.47. The summed E-state index contributed by atoms with van der Waals surface area (Å²) in [6.07, 6.45) is -9.99. The maximum atomic E-state index is 13.4. The Morgan fingerprint density at radius 1 is 0.762 bits per heavy atom. The summed E-state index contributed by atoms with van der Waals surface area (Å²) in [6.45, 7) is 7.38. The van der Waals surface area contributed by atoms with E-state index >= 15 is 0 Å². The lowest BCUT2D eigenvalue weighted by Crippen LogP contribution is -2.61. The molecule has 4 aliphatic rings. The molecule has 0 aliphatic heterocycles. The Labute approximate surface area is 245 Å². The zero-order valence-electron chi connectivity index (χ0n) is 25.2. The number of carbonyl (C=O) groups is 1. The van der Waals surface area contributed by atoms with Crippen molar-refractivity contribution < 1.29 is 58.4 Å². The Morgan fingerprint density at radius 2 is 1.29 bits per heavy atom. The molecule has 7 nitrogen and oxygen atoms in total. The Kier molecular flexibility index (Phi) is 9.16. The van der Waals surface area contributed by atoms with Gasteiger partial charge >= 0.3 is 35.7 Å². The molecule has 244 valence electrons. The highest BCUT2D eigenvalue weighted by Crippen LogP contribution is 2.63. The van der Waals surface area contributed by atoms with E-state index in [1.165, 1.54) is 21.3 Å². The van der Waals surface area contributed by atoms with E-state index in [0.717, 1.165) is 6.42 Å². The number of rotatable bonds is 10. The number of esters is 1. The number of carbonyl (C=O) groups excluding carboxylic acids is 1. The van der Waals surface area contributed by atoms with Gasteiger partial charge in [0.15, 0.2) is 0 Å². The molecule has 0 amide bonds. The number of ether oxygens (including phenoxy) is 1. The van der Waals surface area contributed by atoms with Crippen molar-refractivity contribution in [2.24, 2.45) is 35.5 Å². The summed E-state index contributed by atoms with van der Waals surface area (Å²) in [5.74, 6) is -1.70. The minimum Gasteiger partial charge on any atom is -0.460 e. The Bertz CT molecular complexity index is 987. The third kappa shape index (κ3) is 5.96. The summed E-state index contributed by atoms with van der Waals surface area (Å²) in [5, 5.41) is 9.80. The van der Waals surface area contributed by atoms with Crippen LogP contribution >= 0.6 is 0 Å². The topological polar surface area (TPSA) is 83.5 Å². The van der Waals surface area contributed by atoms with Gasteiger partial charge in [-0.05, 0) is 102 Å². The van der Waals surface area contributed by atoms with E-state index in [4.69, 9.17) is 22.1 Å². The van der Waals surface area contributed by atoms with E-state index in [9.17, 15) is 36.2 Å². The van der Waals surface area contributed by atoms with Crippen LogP contribution in [-0.2, 0) is 26.9 Å². The number of aliphatic hydroxyl groups is 1. The predicted octanol–water partition coefficient (Wildman–Crippen LogP) is 6.37. The van der Waals surface area contributed by atoms with Gasteiger partial charge in [0.1, 0.15) is 5.60 Å². The van der Waals surface area contributed by atoms with Crippen molar-refractivity contribution in [3.63, 3.8) is 0 Å². The van der Waals surface area contributed by atoms with Crippen LogP contribution in [0.4, 0.5) is 26.3 Å². The number of fused-ring (bicyclic) bond motifs is 4. The summed E-state index contributed by atoms with van der Waals surface area (Å²) in [7, 11) is -1.94. The monoisotopic (exact) mass is 650 g/mol. The van der Waals surface area contributed by atoms with Crippen molar-refractivity contribution in [1.82, 2.24) is 0 Å². The number of alkyl halides is 6. The lowest BCUT2D eigenvalue weighted by atomic mass is 9.79. The van der Waals surface area contributed by atoms with Crippen LogP contribution in [0.15, 0.2) is 0 Å². The van der Waals surface area contributed by atoms with Crippen LogP contribution in [0.2, 0.25) is 17.6 Å². The summed E-state index contributed by atoms with van der Waals surface area (Å²) < 4.78 is 111. The number of hydrogen-bond acceptors (Lipinski definition) is 7. The van der Waals surface area contributed by atoms with Crippen LogP contribution in [0.1, 0.15) is 65.7 Å². The molecule has 4 bridgehead atoms. The molecule has 0 saturated heterocycles. The molecule has 0 radical (unpaired) electrons. The highest BCUT2D eigenvalue weighted by molar-refractivity contribution is 6.79. The summed E-state index contributed by atoms with van der Waals surface area (Å²) in [4.78, 5) is 12.8. The standard InChI is InChI=1S/C27H44F6O7Si2/c1-24(2,3)39-23(34)20-11-18-9-16(20)13-22(18)42(37-5,38-6)40-41(7,36-4)21-12-15-8-17(21)10-19(15)14-25(35,26(28,29)30)27(31,32)33/h15-22,35H,8-14H2,1-7H3. The van der Waals surface area contributed by atoms with E-state index in [1.807, 2.05) is 27.3 Å². The van der Waals surface area contributed by atoms with Gasteiger partial charge in [-0.15, -0.1) is 0 Å². The number of halogens is 6. The van der Waals surface area contributed by atoms with Gasteiger partial charge in [-0.2, -0.15) is 26.3 Å². The van der Waals surface area contributed by atoms with Gasteiger partial charge in [0.05, 0.1) is 5.92 Å². The van der Waals surface area contributed by atoms with Crippen LogP contribution in [0.5, 0.6) is 0 Å². The first kappa shape index (κ1) is 34.2. The normalized spacial score (nSPS) is 35.1. The van der Waals surface area contributed by atoms with Crippen molar-refractivity contribution in [3.05, 3.63) is 0 Å². The summed E-state index contributed by atoms with van der Waals surface area (Å²) in [6, 6.07) is 0. The fourth-order valence-electron chi connectivity index (χ4n) is 8.53. The van der Waals surface area contributed by atoms with Crippen molar-refractivity contribution in [2.45, 2.75) is 107 Å². The first-order valence-corrected chi connectivity index (χ1v) is 18.8. The molecular formula is C27H44F6O7Si2. The molecule has 0 aromatic carbocycles. The van der Waals surface area contributed by atoms with Gasteiger partial charge < -0.3 is 27.2 Å². The molecule has 15 heteroatoms. The largest absolute Gasteiger partial charge is 0.495 e. The number of hydrogen-bond donors (Lipinski definition) is 1. The maximum Gasteiger partial charge on any atom is 0.495 e. The molecule has 0 spiro atoms. The highest BCUT2D eigenvalue weighted by Gasteiger charge is 2.72. The van der Waals surface area contributed by atoms with Crippen LogP contribution in [0.25, 0.3) is 0 Å². The average Bonchev–Trinajstić information content (AvgIpc) is 3.65. The smallest absolute Gasteiger partial charge is 0.460 e. The van der Waals surface area contributed by atoms with Crippen LogP contribution in [-0.4, -0.2) is 73.3 Å². The molecule has 4 rings (SSSR count). The molecular weight excluding hydrogens is 606 g/mol. The molecule has 4 saturated carbocycles. The molecule has 9 unspecified atom stereocenters. The van der Waals surface area contributed by atoms with E-state index in [-0.39, 0.29) is 47.1 Å². The molecule has 0 heterocycles. The van der Waals surface area contributed by atoms with Crippen LogP contribution in [0, 0.1) is 35.5 Å². The van der Waals surface area contributed by atoms with E-state index in [2.05, 4.69) is 0 Å². The third-order valence-corrected chi connectivity index (χ3v) is 18.9. The first-order valence-electron chi connectivity index (χ1n) is 14.6. The molecule has 4 aliphatic carbocycles. The second-order valence-corrected chi connectivity index (χ2v) is 20.7. The van der Waals surface area contributed by atoms with Gasteiger partial charge in [-0.25, -0.2) is 0 Å². The Hall–Kier alpha value is -0.716. The molecule has 42 heavy (non-hydrogen) atoms. The van der Waals surface area contributed by atoms with Crippen LogP contribution in [0.3, 0.4) is 0 Å². The highest BCUT2D eigenvalue weighted by atomic mass is 28.5. The zero-order valence-corrected chi connectivity index (χ0v) is 27.2. The molecule has 4 fully saturated rings. The predicted molar refractivity (Wildman–Crippen MR) is 143 cm³/mol. The lowest BCUT2D eigenvalue weighted by molar-refractivity contribution is -0.373. The first-order chi connectivity index (χ1) is 19.1. The van der Waals surface area contributed by atoms with E-state index in [1.54, 1.807) is 0 Å². The molecule has 1 N–H and O–H groups in total. The quantitative estimate of drug-likeness (QED) is 0.167. The third-order valence-electron chi connectivity index (χ3n) is 10.5. The molecule has 0 aromatic heterocycles. The average molecular weight is 651 g/mol.